The molecule has 1 aliphatic heterocycles. The monoisotopic (exact) mass is 336 g/mol. The first-order valence-corrected chi connectivity index (χ1v) is 8.72. The van der Waals surface area contributed by atoms with E-state index in [0.29, 0.717) is 12.5 Å². The number of para-hydroxylation sites is 1. The molecule has 2 amide bonds. The number of anilines is 2. The van der Waals surface area contributed by atoms with Crippen LogP contribution in [0.2, 0.25) is 0 Å². The molecule has 1 saturated heterocycles. The maximum absolute atomic E-state index is 12.6. The van der Waals surface area contributed by atoms with Crippen LogP contribution in [0.25, 0.3) is 0 Å². The summed E-state index contributed by atoms with van der Waals surface area (Å²) >= 11 is 0. The molecule has 0 saturated carbocycles. The second-order valence-corrected chi connectivity index (χ2v) is 6.96. The molecule has 4 heteroatoms. The van der Waals surface area contributed by atoms with Crippen molar-refractivity contribution in [3.63, 3.8) is 0 Å². The Morgan fingerprint density at radius 3 is 2.44 bits per heavy atom. The van der Waals surface area contributed by atoms with Crippen molar-refractivity contribution >= 4 is 23.2 Å². The van der Waals surface area contributed by atoms with E-state index in [1.54, 1.807) is 4.90 Å². The molecule has 3 rings (SSSR count). The molecule has 0 radical (unpaired) electrons. The Morgan fingerprint density at radius 2 is 1.80 bits per heavy atom. The molecular formula is C21H24N2O2. The summed E-state index contributed by atoms with van der Waals surface area (Å²) in [6.45, 7) is 6.68. The van der Waals surface area contributed by atoms with E-state index in [1.807, 2.05) is 55.5 Å². The molecule has 1 aliphatic rings. The fourth-order valence-electron chi connectivity index (χ4n) is 3.18. The summed E-state index contributed by atoms with van der Waals surface area (Å²) in [4.78, 5) is 26.6. The summed E-state index contributed by atoms with van der Waals surface area (Å²) in [5.74, 6) is 0.0445. The number of carbonyl (C=O) groups excluding carboxylic acids is 2. The highest BCUT2D eigenvalue weighted by molar-refractivity contribution is 6.03. The van der Waals surface area contributed by atoms with Crippen molar-refractivity contribution in [2.24, 2.45) is 5.92 Å². The highest BCUT2D eigenvalue weighted by Gasteiger charge is 2.35. The van der Waals surface area contributed by atoms with Gasteiger partial charge in [0.1, 0.15) is 0 Å². The van der Waals surface area contributed by atoms with Gasteiger partial charge in [-0.15, -0.1) is 0 Å². The van der Waals surface area contributed by atoms with Crippen LogP contribution < -0.4 is 10.2 Å². The Bertz CT molecular complexity index is 781. The Kier molecular flexibility index (Phi) is 4.88. The van der Waals surface area contributed by atoms with Crippen LogP contribution >= 0.6 is 0 Å². The van der Waals surface area contributed by atoms with Gasteiger partial charge in [-0.05, 0) is 42.2 Å². The predicted molar refractivity (Wildman–Crippen MR) is 101 cm³/mol. The smallest absolute Gasteiger partial charge is 0.229 e. The van der Waals surface area contributed by atoms with Gasteiger partial charge < -0.3 is 10.2 Å². The standard InChI is InChI=1S/C21H24N2O2/c1-14(2)16-8-10-18(11-9-16)22-21(25)17-12-20(24)23(13-17)19-7-5-4-6-15(19)3/h4-11,14,17H,12-13H2,1-3H3,(H,22,25)/t17-/m1/s1. The molecule has 0 spiro atoms. The van der Waals surface area contributed by atoms with Crippen LogP contribution in [0.15, 0.2) is 48.5 Å². The summed E-state index contributed by atoms with van der Waals surface area (Å²) in [5.41, 5.74) is 3.95. The number of nitrogens with one attached hydrogen (secondary N) is 1. The first kappa shape index (κ1) is 17.2. The highest BCUT2D eigenvalue weighted by atomic mass is 16.2. The minimum Gasteiger partial charge on any atom is -0.326 e. The van der Waals surface area contributed by atoms with Gasteiger partial charge in [-0.3, -0.25) is 9.59 Å². The maximum Gasteiger partial charge on any atom is 0.229 e. The van der Waals surface area contributed by atoms with E-state index < -0.39 is 0 Å². The number of rotatable bonds is 4. The number of carbonyl (C=O) groups is 2. The van der Waals surface area contributed by atoms with Crippen molar-refractivity contribution in [3.05, 3.63) is 59.7 Å². The molecule has 1 atom stereocenters. The van der Waals surface area contributed by atoms with E-state index in [-0.39, 0.29) is 24.2 Å². The summed E-state index contributed by atoms with van der Waals surface area (Å²) < 4.78 is 0. The second-order valence-electron chi connectivity index (χ2n) is 6.96. The lowest BCUT2D eigenvalue weighted by Gasteiger charge is -2.19. The second kappa shape index (κ2) is 7.09. The van der Waals surface area contributed by atoms with Crippen LogP contribution in [0.1, 0.15) is 37.3 Å². The van der Waals surface area contributed by atoms with E-state index in [2.05, 4.69) is 19.2 Å². The molecule has 2 aromatic carbocycles. The summed E-state index contributed by atoms with van der Waals surface area (Å²) in [5, 5.41) is 2.94. The van der Waals surface area contributed by atoms with Crippen molar-refractivity contribution in [3.8, 4) is 0 Å². The maximum atomic E-state index is 12.6. The number of aryl methyl sites for hydroxylation is 1. The summed E-state index contributed by atoms with van der Waals surface area (Å²) in [7, 11) is 0. The number of benzene rings is 2. The molecule has 4 nitrogen and oxygen atoms in total. The molecular weight excluding hydrogens is 312 g/mol. The Balaban J connectivity index is 1.67. The van der Waals surface area contributed by atoms with Gasteiger partial charge in [0, 0.05) is 24.3 Å². The van der Waals surface area contributed by atoms with Crippen LogP contribution in [0.3, 0.4) is 0 Å². The van der Waals surface area contributed by atoms with Crippen LogP contribution in [0.4, 0.5) is 11.4 Å². The Morgan fingerprint density at radius 1 is 1.12 bits per heavy atom. The van der Waals surface area contributed by atoms with Gasteiger partial charge in [0.15, 0.2) is 0 Å². The van der Waals surface area contributed by atoms with Gasteiger partial charge in [0.25, 0.3) is 0 Å². The van der Waals surface area contributed by atoms with E-state index in [0.717, 1.165) is 16.9 Å². The van der Waals surface area contributed by atoms with Crippen LogP contribution in [0.5, 0.6) is 0 Å². The molecule has 1 heterocycles. The first-order chi connectivity index (χ1) is 12.0. The van der Waals surface area contributed by atoms with E-state index in [9.17, 15) is 9.59 Å². The molecule has 0 bridgehead atoms. The first-order valence-electron chi connectivity index (χ1n) is 8.72. The van der Waals surface area contributed by atoms with E-state index in [4.69, 9.17) is 0 Å². The minimum absolute atomic E-state index is 0.00426. The molecule has 0 aromatic heterocycles. The number of hydrogen-bond donors (Lipinski definition) is 1. The fourth-order valence-corrected chi connectivity index (χ4v) is 3.18. The van der Waals surface area contributed by atoms with Gasteiger partial charge >= 0.3 is 0 Å². The van der Waals surface area contributed by atoms with Gasteiger partial charge in [0.05, 0.1) is 5.92 Å². The topological polar surface area (TPSA) is 49.4 Å². The average Bonchev–Trinajstić information content (AvgIpc) is 2.97. The molecule has 0 aliphatic carbocycles. The van der Waals surface area contributed by atoms with Crippen LogP contribution in [0, 0.1) is 12.8 Å². The normalized spacial score (nSPS) is 17.2. The van der Waals surface area contributed by atoms with Crippen LogP contribution in [-0.2, 0) is 9.59 Å². The largest absolute Gasteiger partial charge is 0.326 e. The number of nitrogens with zero attached hydrogens (tertiary/aromatic N) is 1. The Labute approximate surface area is 148 Å². The van der Waals surface area contributed by atoms with Gasteiger partial charge in [0.2, 0.25) is 11.8 Å². The van der Waals surface area contributed by atoms with Gasteiger partial charge in [-0.1, -0.05) is 44.2 Å². The lowest BCUT2D eigenvalue weighted by molar-refractivity contribution is -0.122. The third-order valence-corrected chi connectivity index (χ3v) is 4.75. The Hall–Kier alpha value is -2.62. The molecule has 0 unspecified atom stereocenters. The lowest BCUT2D eigenvalue weighted by atomic mass is 10.0. The van der Waals surface area contributed by atoms with Crippen molar-refractivity contribution in [1.82, 2.24) is 0 Å². The molecule has 130 valence electrons. The molecule has 1 fully saturated rings. The number of hydrogen-bond acceptors (Lipinski definition) is 2. The molecule has 2 aromatic rings. The van der Waals surface area contributed by atoms with Crippen molar-refractivity contribution in [2.45, 2.75) is 33.1 Å². The van der Waals surface area contributed by atoms with E-state index >= 15 is 0 Å². The molecule has 25 heavy (non-hydrogen) atoms. The van der Waals surface area contributed by atoms with E-state index in [1.165, 1.54) is 5.56 Å². The highest BCUT2D eigenvalue weighted by Crippen LogP contribution is 2.28. The zero-order valence-electron chi connectivity index (χ0n) is 15.0. The molecule has 1 N–H and O–H groups in total. The fraction of sp³-hybridized carbons (Fsp3) is 0.333. The van der Waals surface area contributed by atoms with Crippen molar-refractivity contribution in [1.29, 1.82) is 0 Å². The van der Waals surface area contributed by atoms with Gasteiger partial charge in [-0.2, -0.15) is 0 Å². The average molecular weight is 336 g/mol. The number of amides is 2. The van der Waals surface area contributed by atoms with Gasteiger partial charge in [-0.25, -0.2) is 0 Å². The van der Waals surface area contributed by atoms with Crippen molar-refractivity contribution in [2.75, 3.05) is 16.8 Å². The minimum atomic E-state index is -0.322. The van der Waals surface area contributed by atoms with Crippen LogP contribution in [-0.4, -0.2) is 18.4 Å². The zero-order chi connectivity index (χ0) is 18.0. The lowest BCUT2D eigenvalue weighted by Crippen LogP contribution is -2.28. The third-order valence-electron chi connectivity index (χ3n) is 4.75. The quantitative estimate of drug-likeness (QED) is 0.913. The predicted octanol–water partition coefficient (Wildman–Crippen LogP) is 4.11. The zero-order valence-corrected chi connectivity index (χ0v) is 15.0. The SMILES string of the molecule is Cc1ccccc1N1C[C@H](C(=O)Nc2ccc(C(C)C)cc2)CC1=O. The summed E-state index contributed by atoms with van der Waals surface area (Å²) in [6.07, 6.45) is 0.254. The summed E-state index contributed by atoms with van der Waals surface area (Å²) in [6, 6.07) is 15.7. The third kappa shape index (κ3) is 3.73. The van der Waals surface area contributed by atoms with Crippen molar-refractivity contribution < 1.29 is 9.59 Å².